The summed E-state index contributed by atoms with van der Waals surface area (Å²) in [5.74, 6) is -1.86. The Bertz CT molecular complexity index is 2040. The van der Waals surface area contributed by atoms with Crippen molar-refractivity contribution in [3.8, 4) is 0 Å². The first-order chi connectivity index (χ1) is 31.1. The molecule has 1 saturated carbocycles. The second kappa shape index (κ2) is 24.6. The lowest BCUT2D eigenvalue weighted by Crippen LogP contribution is -2.58. The third-order valence-electron chi connectivity index (χ3n) is 12.7. The van der Waals surface area contributed by atoms with Crippen LogP contribution in [0, 0.1) is 23.6 Å². The molecule has 1 aromatic carbocycles. The Morgan fingerprint density at radius 2 is 1.82 bits per heavy atom. The summed E-state index contributed by atoms with van der Waals surface area (Å²) in [6.45, 7) is 15.0. The Labute approximate surface area is 396 Å². The number of halogens is 1. The first-order valence-electron chi connectivity index (χ1n) is 23.1. The fourth-order valence-electron chi connectivity index (χ4n) is 8.79. The van der Waals surface area contributed by atoms with Gasteiger partial charge in [-0.2, -0.15) is 0 Å². The fourth-order valence-corrected chi connectivity index (χ4v) is 11.4. The summed E-state index contributed by atoms with van der Waals surface area (Å²) in [7, 11) is 5.10. The molecule has 65 heavy (non-hydrogen) atoms. The van der Waals surface area contributed by atoms with Gasteiger partial charge in [-0.15, -0.1) is 11.3 Å². The summed E-state index contributed by atoms with van der Waals surface area (Å²) in [5, 5.41) is 12.3. The third kappa shape index (κ3) is 14.5. The van der Waals surface area contributed by atoms with E-state index >= 15 is 0 Å². The molecular formula is C48H68FN7O6S3. The lowest BCUT2D eigenvalue weighted by atomic mass is 9.92. The van der Waals surface area contributed by atoms with Gasteiger partial charge in [0.25, 0.3) is 5.91 Å². The number of nitrogens with zero attached hydrogens (tertiary/aromatic N) is 4. The highest BCUT2D eigenvalue weighted by Gasteiger charge is 2.57. The number of ether oxygens (including phenoxy) is 1. The van der Waals surface area contributed by atoms with E-state index in [1.54, 1.807) is 45.3 Å². The molecule has 5 rings (SSSR count). The number of amides is 4. The van der Waals surface area contributed by atoms with Crippen LogP contribution >= 0.6 is 32.9 Å². The Morgan fingerprint density at radius 1 is 1.06 bits per heavy atom. The summed E-state index contributed by atoms with van der Waals surface area (Å²) in [4.78, 5) is 81.6. The fraction of sp³-hybridized carbons (Fsp3) is 0.604. The summed E-state index contributed by atoms with van der Waals surface area (Å²) < 4.78 is 19.9. The average Bonchev–Trinajstić information content (AvgIpc) is 3.72. The number of pyridine rings is 1. The van der Waals surface area contributed by atoms with Crippen LogP contribution in [0.15, 0.2) is 59.1 Å². The van der Waals surface area contributed by atoms with Crippen molar-refractivity contribution in [2.45, 2.75) is 141 Å². The van der Waals surface area contributed by atoms with E-state index in [4.69, 9.17) is 9.72 Å². The highest BCUT2D eigenvalue weighted by Crippen LogP contribution is 2.55. The molecule has 356 valence electrons. The maximum absolute atomic E-state index is 14.7. The van der Waals surface area contributed by atoms with Crippen molar-refractivity contribution in [3.05, 3.63) is 76.1 Å². The zero-order chi connectivity index (χ0) is 47.3. The average molecular weight is 954 g/mol. The number of likely N-dealkylation sites (N-methyl/N-ethyl adjacent to an activating group) is 1. The van der Waals surface area contributed by atoms with Crippen LogP contribution in [0.2, 0.25) is 0 Å². The van der Waals surface area contributed by atoms with E-state index in [2.05, 4.69) is 25.8 Å². The first-order valence-corrected chi connectivity index (χ1v) is 26.3. The molecule has 1 saturated heterocycles. The van der Waals surface area contributed by atoms with Crippen LogP contribution in [-0.4, -0.2) is 105 Å². The zero-order valence-electron chi connectivity index (χ0n) is 39.1. The van der Waals surface area contributed by atoms with Crippen molar-refractivity contribution in [3.63, 3.8) is 0 Å². The molecule has 2 aliphatic rings. The van der Waals surface area contributed by atoms with E-state index in [9.17, 15) is 28.4 Å². The van der Waals surface area contributed by atoms with Crippen molar-refractivity contribution < 1.29 is 33.1 Å². The molecule has 3 N–H and O–H groups in total. The minimum atomic E-state index is -0.864. The van der Waals surface area contributed by atoms with Gasteiger partial charge in [-0.3, -0.25) is 28.9 Å². The number of carbonyl (C=O) groups excluding carboxylic acids is 5. The Kier molecular flexibility index (Phi) is 19.7. The monoisotopic (exact) mass is 953 g/mol. The van der Waals surface area contributed by atoms with Gasteiger partial charge in [0, 0.05) is 67.2 Å². The molecule has 0 bridgehead atoms. The third-order valence-corrected chi connectivity index (χ3v) is 15.9. The van der Waals surface area contributed by atoms with Gasteiger partial charge in [-0.25, -0.2) is 14.4 Å². The smallest absolute Gasteiger partial charge is 0.303 e. The maximum Gasteiger partial charge on any atom is 0.303 e. The molecule has 1 aliphatic carbocycles. The van der Waals surface area contributed by atoms with Gasteiger partial charge in [-0.05, 0) is 98.2 Å². The van der Waals surface area contributed by atoms with Crippen molar-refractivity contribution in [2.24, 2.45) is 17.8 Å². The SMILES string of the molecule is CCCN(C(=O)[C@@H](NC(=O)[C@H]1CCCCN1C)[C@@H](C)CC)[C@H](C[C@@H](OC(C)=O)c1nc(C(=O)NC2(C[C@H](C)C(=O)NCCSSc3ccccn3)C[C@H]2c2ccc(F)cc2)cs1)C(C)C. The highest BCUT2D eigenvalue weighted by molar-refractivity contribution is 8.76. The molecule has 1 aliphatic heterocycles. The Morgan fingerprint density at radius 3 is 2.46 bits per heavy atom. The predicted molar refractivity (Wildman–Crippen MR) is 257 cm³/mol. The number of hydrogen-bond acceptors (Lipinski definition) is 12. The normalized spacial score (nSPS) is 20.8. The number of nitrogens with one attached hydrogen (secondary N) is 3. The van der Waals surface area contributed by atoms with E-state index in [0.717, 1.165) is 36.4 Å². The number of esters is 1. The number of benzene rings is 1. The zero-order valence-corrected chi connectivity index (χ0v) is 41.6. The van der Waals surface area contributed by atoms with E-state index < -0.39 is 41.5 Å². The van der Waals surface area contributed by atoms with Gasteiger partial charge >= 0.3 is 5.97 Å². The molecular weight excluding hydrogens is 886 g/mol. The molecule has 3 heterocycles. The number of hydrogen-bond donors (Lipinski definition) is 3. The van der Waals surface area contributed by atoms with Crippen molar-refractivity contribution in [1.29, 1.82) is 0 Å². The van der Waals surface area contributed by atoms with Gasteiger partial charge in [0.15, 0.2) is 6.10 Å². The second-order valence-corrected chi connectivity index (χ2v) is 21.3. The minimum Gasteiger partial charge on any atom is -0.455 e. The molecule has 8 atom stereocenters. The van der Waals surface area contributed by atoms with Crippen molar-refractivity contribution >= 4 is 62.5 Å². The molecule has 2 fully saturated rings. The van der Waals surface area contributed by atoms with Gasteiger partial charge in [-0.1, -0.05) is 83.4 Å². The number of likely N-dealkylation sites (tertiary alicyclic amines) is 1. The van der Waals surface area contributed by atoms with E-state index in [1.807, 2.05) is 71.7 Å². The van der Waals surface area contributed by atoms with E-state index in [-0.39, 0.29) is 59.4 Å². The van der Waals surface area contributed by atoms with Crippen LogP contribution in [0.1, 0.15) is 133 Å². The molecule has 0 radical (unpaired) electrons. The van der Waals surface area contributed by atoms with E-state index in [1.165, 1.54) is 30.4 Å². The number of aromatic nitrogens is 2. The Balaban J connectivity index is 1.31. The summed E-state index contributed by atoms with van der Waals surface area (Å²) in [6.07, 6.45) is 6.12. The molecule has 1 unspecified atom stereocenters. The summed E-state index contributed by atoms with van der Waals surface area (Å²) >= 11 is 1.20. The maximum atomic E-state index is 14.7. The molecule has 0 spiro atoms. The van der Waals surface area contributed by atoms with Crippen LogP contribution in [0.3, 0.4) is 0 Å². The van der Waals surface area contributed by atoms with Crippen molar-refractivity contribution in [1.82, 2.24) is 35.7 Å². The van der Waals surface area contributed by atoms with Crippen molar-refractivity contribution in [2.75, 3.05) is 32.4 Å². The van der Waals surface area contributed by atoms with E-state index in [0.29, 0.717) is 49.5 Å². The van der Waals surface area contributed by atoms with Crippen LogP contribution in [0.5, 0.6) is 0 Å². The molecule has 13 nitrogen and oxygen atoms in total. The number of rotatable bonds is 24. The number of thiazole rings is 1. The standard InChI is InChI=1S/C48H68FN7O6S3/c1-9-23-56(47(61)42(31(5)10-2)53-45(60)38-15-12-14-24-55(38)8)39(30(3)4)26-40(62-33(7)57)46-52-37(29-63-46)44(59)54-48(28-36(48)34-17-19-35(49)20-18-34)27-32(6)43(58)51-22-25-64-65-41-16-11-13-21-50-41/h11,13,16-21,29-32,36,38-40,42H,9-10,12,14-15,22-28H2,1-8H3,(H,51,58)(H,53,60)(H,54,59)/t31-,32-,36-,38+,39+,40+,42-,48?/m0/s1. The first kappa shape index (κ1) is 51.9. The predicted octanol–water partition coefficient (Wildman–Crippen LogP) is 8.19. The van der Waals surface area contributed by atoms with Gasteiger partial charge in [0.2, 0.25) is 17.7 Å². The van der Waals surface area contributed by atoms with Crippen LogP contribution in [0.4, 0.5) is 4.39 Å². The van der Waals surface area contributed by atoms with Gasteiger partial charge in [0.1, 0.15) is 27.6 Å². The van der Waals surface area contributed by atoms with Crippen LogP contribution < -0.4 is 16.0 Å². The summed E-state index contributed by atoms with van der Waals surface area (Å²) in [5.41, 5.74) is 0.214. The highest BCUT2D eigenvalue weighted by atomic mass is 33.1. The molecule has 3 aromatic rings. The number of piperidine rings is 1. The number of carbonyl (C=O) groups is 5. The van der Waals surface area contributed by atoms with Gasteiger partial charge < -0.3 is 25.6 Å². The quantitative estimate of drug-likeness (QED) is 0.0451. The molecule has 4 amide bonds. The molecule has 17 heteroatoms. The lowest BCUT2D eigenvalue weighted by molar-refractivity contribution is -0.149. The minimum absolute atomic E-state index is 0.0643. The largest absolute Gasteiger partial charge is 0.455 e. The summed E-state index contributed by atoms with van der Waals surface area (Å²) in [6, 6.07) is 10.5. The van der Waals surface area contributed by atoms with Crippen LogP contribution in [0.25, 0.3) is 0 Å². The van der Waals surface area contributed by atoms with Gasteiger partial charge in [0.05, 0.1) is 6.04 Å². The second-order valence-electron chi connectivity index (χ2n) is 18.0. The topological polar surface area (TPSA) is 163 Å². The lowest BCUT2D eigenvalue weighted by Gasteiger charge is -2.40. The molecule has 2 aromatic heterocycles. The van der Waals surface area contributed by atoms with Crippen LogP contribution in [-0.2, 0) is 23.9 Å². The Hall–Kier alpha value is -4.06.